The van der Waals surface area contributed by atoms with Gasteiger partial charge in [-0.25, -0.2) is 0 Å². The van der Waals surface area contributed by atoms with Crippen LogP contribution in [-0.4, -0.2) is 74.3 Å². The van der Waals surface area contributed by atoms with Gasteiger partial charge in [-0.05, 0) is 55.3 Å². The van der Waals surface area contributed by atoms with Crippen LogP contribution in [0.15, 0.2) is 63.2 Å². The van der Waals surface area contributed by atoms with E-state index in [0.29, 0.717) is 34.1 Å². The van der Waals surface area contributed by atoms with Crippen LogP contribution < -0.4 is 25.4 Å². The number of aryl methyl sites for hydroxylation is 2. The largest absolute Gasteiger partial charge is 0.497 e. The first-order valence-corrected chi connectivity index (χ1v) is 16.1. The van der Waals surface area contributed by atoms with Crippen LogP contribution in [0.2, 0.25) is 0 Å². The summed E-state index contributed by atoms with van der Waals surface area (Å²) < 4.78 is 102. The highest BCUT2D eigenvalue weighted by molar-refractivity contribution is 7.86. The Kier molecular flexibility index (Phi) is 13.0. The molecular formula is C25H35N3O11S3. The average molecular weight is 650 g/mol. The van der Waals surface area contributed by atoms with Crippen molar-refractivity contribution in [1.82, 2.24) is 0 Å². The number of benzene rings is 3. The molecule has 17 heteroatoms. The van der Waals surface area contributed by atoms with Crippen LogP contribution >= 0.6 is 0 Å². The van der Waals surface area contributed by atoms with E-state index in [1.165, 1.54) is 38.5 Å². The number of hydrogen-bond acceptors (Lipinski definition) is 11. The van der Waals surface area contributed by atoms with Crippen LogP contribution in [0, 0.1) is 13.8 Å². The fraction of sp³-hybridized carbons (Fsp3) is 0.280. The molecule has 0 aliphatic heterocycles. The molecule has 14 nitrogen and oxygen atoms in total. The van der Waals surface area contributed by atoms with Crippen molar-refractivity contribution in [3.8, 4) is 11.5 Å². The average Bonchev–Trinajstić information content (AvgIpc) is 2.91. The molecule has 0 saturated heterocycles. The number of anilines is 3. The lowest BCUT2D eigenvalue weighted by Crippen LogP contribution is -2.03. The van der Waals surface area contributed by atoms with Crippen molar-refractivity contribution in [2.45, 2.75) is 28.5 Å². The minimum Gasteiger partial charge on any atom is -0.497 e. The summed E-state index contributed by atoms with van der Waals surface area (Å²) in [6.07, 6.45) is 0. The van der Waals surface area contributed by atoms with Gasteiger partial charge in [0.15, 0.2) is 0 Å². The summed E-state index contributed by atoms with van der Waals surface area (Å²) in [6, 6.07) is 12.0. The van der Waals surface area contributed by atoms with Gasteiger partial charge in [-0.1, -0.05) is 6.07 Å². The lowest BCUT2D eigenvalue weighted by atomic mass is 10.2. The maximum Gasteiger partial charge on any atom is 0.296 e. The summed E-state index contributed by atoms with van der Waals surface area (Å²) in [4.78, 5) is -0.423. The molecular weight excluding hydrogens is 614 g/mol. The smallest absolute Gasteiger partial charge is 0.296 e. The molecule has 42 heavy (non-hydrogen) atoms. The number of methoxy groups -OCH3 is 2. The van der Waals surface area contributed by atoms with Gasteiger partial charge in [0.2, 0.25) is 0 Å². The zero-order chi connectivity index (χ0) is 32.5. The van der Waals surface area contributed by atoms with Gasteiger partial charge in [-0.15, -0.1) is 0 Å². The van der Waals surface area contributed by atoms with E-state index in [9.17, 15) is 25.3 Å². The van der Waals surface area contributed by atoms with Crippen LogP contribution in [0.4, 0.5) is 17.1 Å². The summed E-state index contributed by atoms with van der Waals surface area (Å²) in [6.45, 7) is 3.36. The highest BCUT2D eigenvalue weighted by atomic mass is 32.2. The molecule has 0 unspecified atom stereocenters. The first-order valence-electron chi connectivity index (χ1n) is 11.8. The second-order valence-electron chi connectivity index (χ2n) is 8.35. The van der Waals surface area contributed by atoms with Crippen LogP contribution in [-0.2, 0) is 30.4 Å². The Labute approximate surface area is 246 Å². The maximum atomic E-state index is 11.0. The monoisotopic (exact) mass is 649 g/mol. The van der Waals surface area contributed by atoms with Crippen LogP contribution in [0.5, 0.6) is 11.5 Å². The Bertz CT molecular complexity index is 1710. The van der Waals surface area contributed by atoms with Crippen LogP contribution in [0.3, 0.4) is 0 Å². The molecule has 0 aliphatic carbocycles. The van der Waals surface area contributed by atoms with Gasteiger partial charge in [0.1, 0.15) is 26.2 Å². The Morgan fingerprint density at radius 3 is 1.43 bits per heavy atom. The summed E-state index contributed by atoms with van der Waals surface area (Å²) >= 11 is 0. The number of ether oxygens (including phenoxy) is 2. The molecule has 3 aromatic carbocycles. The fourth-order valence-electron chi connectivity index (χ4n) is 3.41. The summed E-state index contributed by atoms with van der Waals surface area (Å²) in [5.74, 6) is 0.743. The molecule has 0 radical (unpaired) electrons. The van der Waals surface area contributed by atoms with Crippen molar-refractivity contribution in [2.24, 2.45) is 0 Å². The molecule has 0 heterocycles. The Morgan fingerprint density at radius 1 is 0.571 bits per heavy atom. The molecule has 234 valence electrons. The topological polar surface area (TPSA) is 218 Å². The zero-order valence-electron chi connectivity index (χ0n) is 24.0. The molecule has 6 N–H and O–H groups in total. The van der Waals surface area contributed by atoms with Gasteiger partial charge < -0.3 is 25.4 Å². The fourth-order valence-corrected chi connectivity index (χ4v) is 5.63. The summed E-state index contributed by atoms with van der Waals surface area (Å²) in [5, 5.41) is 8.21. The molecule has 0 fully saturated rings. The Balaban J connectivity index is 0.000000316. The first kappa shape index (κ1) is 36.4. The molecule has 0 aliphatic rings. The summed E-state index contributed by atoms with van der Waals surface area (Å²) in [7, 11) is -4.84. The molecule has 3 rings (SSSR count). The van der Waals surface area contributed by atoms with E-state index in [1.54, 1.807) is 59.3 Å². The second-order valence-corrected chi connectivity index (χ2v) is 12.5. The number of hydrogen-bond donors (Lipinski definition) is 6. The van der Waals surface area contributed by atoms with E-state index >= 15 is 0 Å². The van der Waals surface area contributed by atoms with Crippen LogP contribution in [0.25, 0.3) is 0 Å². The lowest BCUT2D eigenvalue weighted by Gasteiger charge is -2.11. The molecule has 3 aromatic rings. The normalized spacial score (nSPS) is 11.2. The van der Waals surface area contributed by atoms with Gasteiger partial charge in [-0.2, -0.15) is 25.3 Å². The van der Waals surface area contributed by atoms with E-state index in [2.05, 4.69) is 16.0 Å². The van der Waals surface area contributed by atoms with Crippen molar-refractivity contribution in [2.75, 3.05) is 51.3 Å². The maximum absolute atomic E-state index is 11.0. The van der Waals surface area contributed by atoms with Gasteiger partial charge in [-0.3, -0.25) is 13.7 Å². The molecule has 0 atom stereocenters. The predicted molar refractivity (Wildman–Crippen MR) is 160 cm³/mol. The SMILES string of the molecule is CNc1cc(C)c(S(=O)(=O)O)cc1OC.CNc1ccc(C)cc1S(=O)(=O)O.CNc1ccc(OC)cc1S(=O)(=O)O. The third kappa shape index (κ3) is 10.3. The van der Waals surface area contributed by atoms with Gasteiger partial charge in [0, 0.05) is 33.3 Å². The molecule has 0 amide bonds. The van der Waals surface area contributed by atoms with E-state index in [-0.39, 0.29) is 14.7 Å². The van der Waals surface area contributed by atoms with Crippen molar-refractivity contribution >= 4 is 47.4 Å². The molecule has 0 bridgehead atoms. The second kappa shape index (κ2) is 15.0. The summed E-state index contributed by atoms with van der Waals surface area (Å²) in [5.41, 5.74) is 2.64. The van der Waals surface area contributed by atoms with Gasteiger partial charge >= 0.3 is 0 Å². The number of rotatable bonds is 8. The van der Waals surface area contributed by atoms with E-state index < -0.39 is 30.4 Å². The van der Waals surface area contributed by atoms with E-state index in [0.717, 1.165) is 5.56 Å². The first-order chi connectivity index (χ1) is 19.3. The highest BCUT2D eigenvalue weighted by Crippen LogP contribution is 2.30. The lowest BCUT2D eigenvalue weighted by molar-refractivity contribution is 0.412. The van der Waals surface area contributed by atoms with Gasteiger partial charge in [0.25, 0.3) is 30.4 Å². The molecule has 0 aromatic heterocycles. The van der Waals surface area contributed by atoms with Crippen molar-refractivity contribution < 1.29 is 48.4 Å². The van der Waals surface area contributed by atoms with Crippen molar-refractivity contribution in [3.05, 3.63) is 59.7 Å². The van der Waals surface area contributed by atoms with E-state index in [4.69, 9.17) is 23.1 Å². The number of nitrogens with one attached hydrogen (secondary N) is 3. The van der Waals surface area contributed by atoms with Gasteiger partial charge in [0.05, 0.1) is 31.3 Å². The van der Waals surface area contributed by atoms with Crippen molar-refractivity contribution in [3.63, 3.8) is 0 Å². The van der Waals surface area contributed by atoms with Crippen LogP contribution in [0.1, 0.15) is 11.1 Å². The quantitative estimate of drug-likeness (QED) is 0.192. The Hall–Kier alpha value is -3.61. The minimum atomic E-state index is -4.22. The zero-order valence-corrected chi connectivity index (χ0v) is 26.4. The third-order valence-corrected chi connectivity index (χ3v) is 8.25. The highest BCUT2D eigenvalue weighted by Gasteiger charge is 2.17. The Morgan fingerprint density at radius 2 is 1.02 bits per heavy atom. The standard InChI is InChI=1S/C9H13NO4S.C8H11NO4S.C8H11NO3S/c1-6-4-7(10-2)8(14-3)5-9(6)15(11,12)13;1-9-7-4-3-6(13-2)5-8(7)14(10,11)12;1-6-3-4-7(9-2)8(5-6)13(10,11)12/h4-5,10H,1-3H3,(H,11,12,13);3-5,9H,1-2H3,(H,10,11,12);3-5,9H,1-2H3,(H,10,11,12). The third-order valence-electron chi connectivity index (χ3n) is 5.46. The van der Waals surface area contributed by atoms with E-state index in [1.807, 2.05) is 0 Å². The predicted octanol–water partition coefficient (Wildman–Crippen LogP) is 3.56. The molecule has 0 saturated carbocycles. The molecule has 0 spiro atoms. The van der Waals surface area contributed by atoms with Crippen molar-refractivity contribution in [1.29, 1.82) is 0 Å². The minimum absolute atomic E-state index is 0.0880.